The van der Waals surface area contributed by atoms with Gasteiger partial charge in [0.2, 0.25) is 0 Å². The molecule has 1 aliphatic rings. The van der Waals surface area contributed by atoms with Crippen LogP contribution in [0.2, 0.25) is 0 Å². The number of aliphatic hydroxyl groups excluding tert-OH is 1. The maximum atomic E-state index is 12.4. The van der Waals surface area contributed by atoms with E-state index in [1.165, 1.54) is 44.9 Å². The number of hydrogen-bond donors (Lipinski definition) is 2. The van der Waals surface area contributed by atoms with E-state index in [2.05, 4.69) is 12.2 Å². The lowest BCUT2D eigenvalue weighted by Gasteiger charge is -2.22. The van der Waals surface area contributed by atoms with Crippen LogP contribution in [0.1, 0.15) is 117 Å². The van der Waals surface area contributed by atoms with E-state index < -0.39 is 11.5 Å². The Morgan fingerprint density at radius 1 is 0.844 bits per heavy atom. The number of unbranched alkanes of at least 4 members (excludes halogenated alkanes) is 11. The number of ether oxygens (including phenoxy) is 2. The van der Waals surface area contributed by atoms with Crippen LogP contribution in [0.15, 0.2) is 0 Å². The number of hydrogen-bond acceptors (Lipinski definition) is 6. The molecule has 1 saturated heterocycles. The van der Waals surface area contributed by atoms with Crippen LogP contribution in [0, 0.1) is 5.41 Å². The predicted octanol–water partition coefficient (Wildman–Crippen LogP) is 5.30. The van der Waals surface area contributed by atoms with E-state index in [4.69, 9.17) is 9.47 Å². The minimum Gasteiger partial charge on any atom is -0.465 e. The largest absolute Gasteiger partial charge is 0.465 e. The number of β-amino-alcohol motifs (C(OH)–C–C–N with tert-alkyl or cyclic N) is 1. The van der Waals surface area contributed by atoms with Crippen LogP contribution >= 0.6 is 0 Å². The van der Waals surface area contributed by atoms with Crippen molar-refractivity contribution in [3.63, 3.8) is 0 Å². The summed E-state index contributed by atoms with van der Waals surface area (Å²) in [5.41, 5.74) is -0.444. The van der Waals surface area contributed by atoms with Crippen LogP contribution in [-0.4, -0.2) is 48.9 Å². The first-order chi connectivity index (χ1) is 15.4. The summed E-state index contributed by atoms with van der Waals surface area (Å²) in [5, 5.41) is 12.4. The lowest BCUT2D eigenvalue weighted by molar-refractivity contribution is -0.154. The van der Waals surface area contributed by atoms with Gasteiger partial charge in [-0.05, 0) is 33.1 Å². The molecule has 2 atom stereocenters. The maximum Gasteiger partial charge on any atom is 0.323 e. The fourth-order valence-electron chi connectivity index (χ4n) is 4.07. The van der Waals surface area contributed by atoms with E-state index >= 15 is 0 Å². The van der Waals surface area contributed by atoms with E-state index in [1.807, 2.05) is 13.8 Å². The molecule has 0 aromatic rings. The van der Waals surface area contributed by atoms with Gasteiger partial charge in [-0.1, -0.05) is 77.6 Å². The highest BCUT2D eigenvalue weighted by molar-refractivity contribution is 5.76. The Balaban J connectivity index is 1.95. The molecule has 6 heteroatoms. The van der Waals surface area contributed by atoms with Gasteiger partial charge in [-0.2, -0.15) is 0 Å². The van der Waals surface area contributed by atoms with Gasteiger partial charge < -0.3 is 19.9 Å². The van der Waals surface area contributed by atoms with Gasteiger partial charge in [0.25, 0.3) is 0 Å². The molecule has 32 heavy (non-hydrogen) atoms. The van der Waals surface area contributed by atoms with Gasteiger partial charge in [-0.15, -0.1) is 0 Å². The van der Waals surface area contributed by atoms with Crippen molar-refractivity contribution < 1.29 is 24.2 Å². The van der Waals surface area contributed by atoms with Crippen LogP contribution in [-0.2, 0) is 19.1 Å². The third-order valence-corrected chi connectivity index (χ3v) is 6.37. The fourth-order valence-corrected chi connectivity index (χ4v) is 4.07. The summed E-state index contributed by atoms with van der Waals surface area (Å²) in [7, 11) is 0. The second-order valence-corrected chi connectivity index (χ2v) is 10.0. The van der Waals surface area contributed by atoms with E-state index in [9.17, 15) is 14.7 Å². The molecular formula is C26H49NO5. The molecule has 0 saturated carbocycles. The Hall–Kier alpha value is -1.14. The molecule has 1 fully saturated rings. The molecule has 2 N–H and O–H groups in total. The molecule has 0 aliphatic carbocycles. The molecule has 1 aliphatic heterocycles. The molecule has 0 bridgehead atoms. The molecular weight excluding hydrogens is 406 g/mol. The van der Waals surface area contributed by atoms with Crippen molar-refractivity contribution in [3.05, 3.63) is 0 Å². The Labute approximate surface area is 196 Å². The van der Waals surface area contributed by atoms with Crippen LogP contribution in [0.5, 0.6) is 0 Å². The standard InChI is InChI=1S/C26H49NO5/c1-4-5-6-7-8-9-10-12-16-19-32-25(30)26(2,3)17-14-11-13-15-18-31-24(29)23-20-22(28)21-27-23/h22-23,27-28H,4-21H2,1-3H3/t22?,23-/m0/s1. The lowest BCUT2D eigenvalue weighted by Crippen LogP contribution is -2.32. The minimum absolute atomic E-state index is 0.0859. The Bertz CT molecular complexity index is 508. The number of rotatable bonds is 19. The zero-order chi connectivity index (χ0) is 23.7. The first kappa shape index (κ1) is 28.9. The normalized spacial score (nSPS) is 18.6. The number of aliphatic hydroxyl groups is 1. The topological polar surface area (TPSA) is 84.9 Å². The SMILES string of the molecule is CCCCCCCCCCCOC(=O)C(C)(C)CCCCCCOC(=O)[C@@H]1CC(O)CN1. The third kappa shape index (κ3) is 13.4. The third-order valence-electron chi connectivity index (χ3n) is 6.37. The van der Waals surface area contributed by atoms with E-state index in [-0.39, 0.29) is 18.0 Å². The molecule has 0 amide bonds. The second kappa shape index (κ2) is 17.4. The first-order valence-electron chi connectivity index (χ1n) is 13.1. The van der Waals surface area contributed by atoms with Gasteiger partial charge in [-0.3, -0.25) is 9.59 Å². The summed E-state index contributed by atoms with van der Waals surface area (Å²) in [6, 6.07) is -0.368. The highest BCUT2D eigenvalue weighted by atomic mass is 16.5. The van der Waals surface area contributed by atoms with Gasteiger partial charge in [0.15, 0.2) is 0 Å². The summed E-state index contributed by atoms with van der Waals surface area (Å²) in [4.78, 5) is 24.2. The number of esters is 2. The predicted molar refractivity (Wildman–Crippen MR) is 128 cm³/mol. The number of carbonyl (C=O) groups excluding carboxylic acids is 2. The summed E-state index contributed by atoms with van der Waals surface area (Å²) in [6.45, 7) is 7.59. The van der Waals surface area contributed by atoms with Crippen molar-refractivity contribution in [3.8, 4) is 0 Å². The fraction of sp³-hybridized carbons (Fsp3) is 0.923. The summed E-state index contributed by atoms with van der Waals surface area (Å²) in [5.74, 6) is -0.352. The van der Waals surface area contributed by atoms with Crippen LogP contribution in [0.25, 0.3) is 0 Å². The first-order valence-corrected chi connectivity index (χ1v) is 13.1. The number of carbonyl (C=O) groups is 2. The zero-order valence-corrected chi connectivity index (χ0v) is 21.0. The Morgan fingerprint density at radius 2 is 1.38 bits per heavy atom. The van der Waals surface area contributed by atoms with E-state index in [1.54, 1.807) is 0 Å². The maximum absolute atomic E-state index is 12.4. The zero-order valence-electron chi connectivity index (χ0n) is 21.0. The van der Waals surface area contributed by atoms with Crippen molar-refractivity contribution in [2.45, 2.75) is 129 Å². The van der Waals surface area contributed by atoms with E-state index in [0.717, 1.165) is 44.9 Å². The van der Waals surface area contributed by atoms with Gasteiger partial charge in [0.05, 0.1) is 24.7 Å². The monoisotopic (exact) mass is 455 g/mol. The summed E-state index contributed by atoms with van der Waals surface area (Å²) >= 11 is 0. The summed E-state index contributed by atoms with van der Waals surface area (Å²) < 4.78 is 10.8. The van der Waals surface area contributed by atoms with Gasteiger partial charge >= 0.3 is 11.9 Å². The van der Waals surface area contributed by atoms with Crippen molar-refractivity contribution >= 4 is 11.9 Å². The van der Waals surface area contributed by atoms with Gasteiger partial charge in [0.1, 0.15) is 6.04 Å². The van der Waals surface area contributed by atoms with E-state index in [0.29, 0.717) is 26.2 Å². The molecule has 1 rings (SSSR count). The quantitative estimate of drug-likeness (QED) is 0.203. The smallest absolute Gasteiger partial charge is 0.323 e. The average Bonchev–Trinajstić information content (AvgIpc) is 3.20. The molecule has 6 nitrogen and oxygen atoms in total. The second-order valence-electron chi connectivity index (χ2n) is 10.0. The molecule has 0 aromatic heterocycles. The van der Waals surface area contributed by atoms with Crippen LogP contribution in [0.4, 0.5) is 0 Å². The van der Waals surface area contributed by atoms with Crippen molar-refractivity contribution in [1.29, 1.82) is 0 Å². The minimum atomic E-state index is -0.451. The molecule has 0 spiro atoms. The number of nitrogens with one attached hydrogen (secondary N) is 1. The molecule has 1 unspecified atom stereocenters. The Morgan fingerprint density at radius 3 is 1.94 bits per heavy atom. The molecule has 0 radical (unpaired) electrons. The molecule has 0 aromatic carbocycles. The van der Waals surface area contributed by atoms with Crippen LogP contribution < -0.4 is 5.32 Å². The van der Waals surface area contributed by atoms with Gasteiger partial charge in [0, 0.05) is 13.0 Å². The van der Waals surface area contributed by atoms with Crippen molar-refractivity contribution in [2.24, 2.45) is 5.41 Å². The highest BCUT2D eigenvalue weighted by Crippen LogP contribution is 2.26. The Kier molecular flexibility index (Phi) is 15.7. The van der Waals surface area contributed by atoms with Crippen LogP contribution in [0.3, 0.4) is 0 Å². The highest BCUT2D eigenvalue weighted by Gasteiger charge is 2.29. The lowest BCUT2D eigenvalue weighted by atomic mass is 9.87. The molecule has 188 valence electrons. The average molecular weight is 456 g/mol. The van der Waals surface area contributed by atoms with Crippen molar-refractivity contribution in [2.75, 3.05) is 19.8 Å². The summed E-state index contributed by atoms with van der Waals surface area (Å²) in [6.07, 6.45) is 15.9. The van der Waals surface area contributed by atoms with Crippen molar-refractivity contribution in [1.82, 2.24) is 5.32 Å². The van der Waals surface area contributed by atoms with Gasteiger partial charge in [-0.25, -0.2) is 0 Å². The molecule has 1 heterocycles.